The standard InChI is InChI=1S/C28H37FN4O3/c1-28(2,3)26(33(17-22(29)15-30)25(34)19-35-4)27-31-24(21-12-9-13-23(14-21)36-5)18-32(27)16-20-10-7-6-8-11-20/h6-14,18,22,26H,15-17,19,30H2,1-5H3. The lowest BCUT2D eigenvalue weighted by Crippen LogP contribution is -2.47. The maximum Gasteiger partial charge on any atom is 0.249 e. The highest BCUT2D eigenvalue weighted by atomic mass is 19.1. The number of carbonyl (C=O) groups is 1. The maximum atomic E-state index is 14.6. The first kappa shape index (κ1) is 27.4. The van der Waals surface area contributed by atoms with Crippen molar-refractivity contribution in [3.8, 4) is 17.0 Å². The molecule has 2 atom stereocenters. The topological polar surface area (TPSA) is 82.6 Å². The summed E-state index contributed by atoms with van der Waals surface area (Å²) >= 11 is 0. The number of hydrogen-bond acceptors (Lipinski definition) is 5. The third-order valence-electron chi connectivity index (χ3n) is 5.98. The third-order valence-corrected chi connectivity index (χ3v) is 5.98. The molecule has 3 rings (SSSR count). The van der Waals surface area contributed by atoms with Crippen molar-refractivity contribution in [1.29, 1.82) is 0 Å². The van der Waals surface area contributed by atoms with Crippen LogP contribution in [-0.2, 0) is 16.1 Å². The molecule has 2 unspecified atom stereocenters. The molecule has 0 radical (unpaired) electrons. The Morgan fingerprint density at radius 2 is 1.86 bits per heavy atom. The lowest BCUT2D eigenvalue weighted by atomic mass is 9.84. The molecule has 0 aliphatic carbocycles. The van der Waals surface area contributed by atoms with E-state index in [4.69, 9.17) is 20.2 Å². The van der Waals surface area contributed by atoms with Crippen molar-refractivity contribution < 1.29 is 18.7 Å². The summed E-state index contributed by atoms with van der Waals surface area (Å²) in [4.78, 5) is 19.8. The Balaban J connectivity index is 2.19. The predicted octanol–water partition coefficient (Wildman–Crippen LogP) is 4.47. The second-order valence-electron chi connectivity index (χ2n) is 9.91. The summed E-state index contributed by atoms with van der Waals surface area (Å²) in [6.45, 7) is 6.12. The number of aromatic nitrogens is 2. The van der Waals surface area contributed by atoms with E-state index in [0.29, 0.717) is 12.4 Å². The number of carbonyl (C=O) groups excluding carboxylic acids is 1. The van der Waals surface area contributed by atoms with E-state index in [1.54, 1.807) is 7.11 Å². The van der Waals surface area contributed by atoms with E-state index >= 15 is 0 Å². The van der Waals surface area contributed by atoms with Gasteiger partial charge in [0.1, 0.15) is 24.4 Å². The minimum atomic E-state index is -1.37. The number of amides is 1. The van der Waals surface area contributed by atoms with Gasteiger partial charge in [-0.2, -0.15) is 0 Å². The predicted molar refractivity (Wildman–Crippen MR) is 139 cm³/mol. The summed E-state index contributed by atoms with van der Waals surface area (Å²) in [5.74, 6) is 1.07. The van der Waals surface area contributed by atoms with Gasteiger partial charge in [0.05, 0.1) is 25.4 Å². The van der Waals surface area contributed by atoms with Gasteiger partial charge < -0.3 is 24.7 Å². The number of alkyl halides is 1. The van der Waals surface area contributed by atoms with Crippen molar-refractivity contribution in [1.82, 2.24) is 14.5 Å². The van der Waals surface area contributed by atoms with Crippen LogP contribution in [0.15, 0.2) is 60.8 Å². The van der Waals surface area contributed by atoms with E-state index < -0.39 is 17.6 Å². The van der Waals surface area contributed by atoms with Gasteiger partial charge in [-0.1, -0.05) is 63.2 Å². The van der Waals surface area contributed by atoms with Crippen LogP contribution in [0.1, 0.15) is 38.2 Å². The first-order valence-electron chi connectivity index (χ1n) is 12.1. The van der Waals surface area contributed by atoms with Crippen LogP contribution >= 0.6 is 0 Å². The number of nitrogens with zero attached hydrogens (tertiary/aromatic N) is 3. The summed E-state index contributed by atoms with van der Waals surface area (Å²) in [7, 11) is 3.08. The monoisotopic (exact) mass is 496 g/mol. The first-order chi connectivity index (χ1) is 17.2. The average molecular weight is 497 g/mol. The highest BCUT2D eigenvalue weighted by Gasteiger charge is 2.39. The summed E-state index contributed by atoms with van der Waals surface area (Å²) in [6, 6.07) is 17.2. The van der Waals surface area contributed by atoms with Crippen LogP contribution < -0.4 is 10.5 Å². The molecule has 0 aliphatic rings. The zero-order valence-corrected chi connectivity index (χ0v) is 21.8. The zero-order chi connectivity index (χ0) is 26.3. The van der Waals surface area contributed by atoms with E-state index in [1.165, 1.54) is 12.0 Å². The highest BCUT2D eigenvalue weighted by molar-refractivity contribution is 5.78. The van der Waals surface area contributed by atoms with Crippen molar-refractivity contribution in [3.63, 3.8) is 0 Å². The molecule has 3 aromatic rings. The molecule has 0 fully saturated rings. The Morgan fingerprint density at radius 1 is 1.14 bits per heavy atom. The fourth-order valence-corrected chi connectivity index (χ4v) is 4.32. The Morgan fingerprint density at radius 3 is 2.47 bits per heavy atom. The maximum absolute atomic E-state index is 14.6. The fourth-order valence-electron chi connectivity index (χ4n) is 4.32. The van der Waals surface area contributed by atoms with Crippen LogP contribution in [0.4, 0.5) is 4.39 Å². The molecule has 7 nitrogen and oxygen atoms in total. The van der Waals surface area contributed by atoms with Crippen LogP contribution in [0.3, 0.4) is 0 Å². The van der Waals surface area contributed by atoms with Crippen molar-refractivity contribution in [3.05, 3.63) is 72.2 Å². The number of hydrogen-bond donors (Lipinski definition) is 1. The van der Waals surface area contributed by atoms with Gasteiger partial charge >= 0.3 is 0 Å². The molecule has 1 heterocycles. The molecule has 2 N–H and O–H groups in total. The quantitative estimate of drug-likeness (QED) is 0.424. The molecule has 36 heavy (non-hydrogen) atoms. The molecule has 1 amide bonds. The van der Waals surface area contributed by atoms with Gasteiger partial charge in [-0.3, -0.25) is 4.79 Å². The molecule has 8 heteroatoms. The SMILES string of the molecule is COCC(=O)N(CC(F)CN)C(c1nc(-c2cccc(OC)c2)cn1Cc1ccccc1)C(C)(C)C. The van der Waals surface area contributed by atoms with E-state index in [2.05, 4.69) is 0 Å². The van der Waals surface area contributed by atoms with Crippen LogP contribution in [0, 0.1) is 5.41 Å². The van der Waals surface area contributed by atoms with Crippen LogP contribution in [-0.4, -0.2) is 60.4 Å². The van der Waals surface area contributed by atoms with Crippen molar-refractivity contribution in [2.45, 2.75) is 39.5 Å². The molecule has 0 saturated heterocycles. The summed E-state index contributed by atoms with van der Waals surface area (Å²) in [6.07, 6.45) is 0.607. The lowest BCUT2D eigenvalue weighted by molar-refractivity contribution is -0.141. The summed E-state index contributed by atoms with van der Waals surface area (Å²) in [5.41, 5.74) is 7.84. The van der Waals surface area contributed by atoms with Crippen LogP contribution in [0.5, 0.6) is 5.75 Å². The second-order valence-corrected chi connectivity index (χ2v) is 9.91. The average Bonchev–Trinajstić information content (AvgIpc) is 3.26. The van der Waals surface area contributed by atoms with Crippen LogP contribution in [0.25, 0.3) is 11.3 Å². The number of rotatable bonds is 11. The van der Waals surface area contributed by atoms with Crippen LogP contribution in [0.2, 0.25) is 0 Å². The van der Waals surface area contributed by atoms with Gasteiger partial charge in [0.2, 0.25) is 5.91 Å². The zero-order valence-electron chi connectivity index (χ0n) is 21.8. The highest BCUT2D eigenvalue weighted by Crippen LogP contribution is 2.39. The largest absolute Gasteiger partial charge is 0.497 e. The van der Waals surface area contributed by atoms with Gasteiger partial charge in [0, 0.05) is 32.0 Å². The lowest BCUT2D eigenvalue weighted by Gasteiger charge is -2.40. The first-order valence-corrected chi connectivity index (χ1v) is 12.1. The van der Waals surface area contributed by atoms with Gasteiger partial charge in [-0.05, 0) is 23.1 Å². The molecule has 2 aromatic carbocycles. The minimum absolute atomic E-state index is 0.146. The number of ether oxygens (including phenoxy) is 2. The smallest absolute Gasteiger partial charge is 0.249 e. The third kappa shape index (κ3) is 6.71. The fraction of sp³-hybridized carbons (Fsp3) is 0.429. The Labute approximate surface area is 213 Å². The van der Waals surface area contributed by atoms with Crippen molar-refractivity contribution >= 4 is 5.91 Å². The second kappa shape index (κ2) is 12.1. The minimum Gasteiger partial charge on any atom is -0.497 e. The molecular formula is C28H37FN4O3. The number of methoxy groups -OCH3 is 2. The molecule has 0 saturated carbocycles. The van der Waals surface area contributed by atoms with E-state index in [1.807, 2.05) is 86.1 Å². The van der Waals surface area contributed by atoms with E-state index in [0.717, 1.165) is 22.6 Å². The molecule has 0 spiro atoms. The Kier molecular flexibility index (Phi) is 9.23. The van der Waals surface area contributed by atoms with Crippen molar-refractivity contribution in [2.75, 3.05) is 33.9 Å². The van der Waals surface area contributed by atoms with E-state index in [-0.39, 0.29) is 25.6 Å². The molecule has 0 bridgehead atoms. The Hall–Kier alpha value is -3.23. The van der Waals surface area contributed by atoms with Gasteiger partial charge in [0.25, 0.3) is 0 Å². The molecule has 0 aliphatic heterocycles. The molecule has 194 valence electrons. The summed E-state index contributed by atoms with van der Waals surface area (Å²) < 4.78 is 27.2. The number of halogens is 1. The Bertz CT molecular complexity index is 1130. The number of nitrogens with two attached hydrogens (primary N) is 1. The van der Waals surface area contributed by atoms with Crippen molar-refractivity contribution in [2.24, 2.45) is 11.1 Å². The molecular weight excluding hydrogens is 459 g/mol. The molecule has 1 aromatic heterocycles. The normalized spacial score (nSPS) is 13.3. The van der Waals surface area contributed by atoms with Gasteiger partial charge in [-0.25, -0.2) is 9.37 Å². The van der Waals surface area contributed by atoms with Gasteiger partial charge in [0.15, 0.2) is 0 Å². The van der Waals surface area contributed by atoms with Gasteiger partial charge in [-0.15, -0.1) is 0 Å². The summed E-state index contributed by atoms with van der Waals surface area (Å²) in [5, 5.41) is 0. The number of imidazole rings is 1. The number of benzene rings is 2. The van der Waals surface area contributed by atoms with E-state index in [9.17, 15) is 9.18 Å².